The minimum Gasteiger partial charge on any atom is -0.375 e. The van der Waals surface area contributed by atoms with E-state index >= 15 is 0 Å². The van der Waals surface area contributed by atoms with Gasteiger partial charge in [0.25, 0.3) is 0 Å². The van der Waals surface area contributed by atoms with Gasteiger partial charge >= 0.3 is 0 Å². The number of rotatable bonds is 7. The van der Waals surface area contributed by atoms with Crippen LogP contribution in [0, 0.1) is 35.5 Å². The van der Waals surface area contributed by atoms with Crippen molar-refractivity contribution < 1.29 is 0 Å². The van der Waals surface area contributed by atoms with Gasteiger partial charge in [0.1, 0.15) is 0 Å². The highest BCUT2D eigenvalue weighted by atomic mass is 32.1. The summed E-state index contributed by atoms with van der Waals surface area (Å²) in [4.78, 5) is 2.90. The first kappa shape index (κ1) is 26.0. The standard InChI is InChI=1S/C28H46N4S/c1-18(2)24-13-7-20(5)15-26(24)32(27-16-21(6)8-14-25(27)19(3)4)23-11-9-22(10-12-23)17-30-31-28(29)33/h9-12,17-21,24-27H,7-8,13-16H2,1-6H3,(H3,29,31,33). The SMILES string of the molecule is CC1CCC(C(C)C)C(N(c2ccc(C=NNC(N)=S)cc2)C2CC(C)CCC2C(C)C)C1. The fraction of sp³-hybridized carbons (Fsp3) is 0.714. The number of hydrogen-bond acceptors (Lipinski definition) is 3. The third-order valence-corrected chi connectivity index (χ3v) is 8.36. The van der Waals surface area contributed by atoms with Crippen LogP contribution in [-0.4, -0.2) is 23.4 Å². The Balaban J connectivity index is 1.99. The Labute approximate surface area is 207 Å². The highest BCUT2D eigenvalue weighted by Gasteiger charge is 2.42. The van der Waals surface area contributed by atoms with Crippen LogP contribution in [0.25, 0.3) is 0 Å². The Hall–Kier alpha value is -1.62. The molecule has 3 rings (SSSR count). The van der Waals surface area contributed by atoms with Crippen molar-refractivity contribution in [2.24, 2.45) is 46.3 Å². The van der Waals surface area contributed by atoms with Crippen molar-refractivity contribution in [3.8, 4) is 0 Å². The molecular weight excluding hydrogens is 424 g/mol. The lowest BCUT2D eigenvalue weighted by atomic mass is 9.69. The molecule has 1 aromatic carbocycles. The van der Waals surface area contributed by atoms with Gasteiger partial charge in [0.15, 0.2) is 5.11 Å². The summed E-state index contributed by atoms with van der Waals surface area (Å²) in [7, 11) is 0. The van der Waals surface area contributed by atoms with E-state index in [2.05, 4.69) is 81.2 Å². The van der Waals surface area contributed by atoms with Crippen LogP contribution in [-0.2, 0) is 0 Å². The first-order valence-electron chi connectivity index (χ1n) is 13.1. The van der Waals surface area contributed by atoms with Crippen molar-refractivity contribution in [1.82, 2.24) is 5.43 Å². The molecule has 0 saturated heterocycles. The van der Waals surface area contributed by atoms with Crippen molar-refractivity contribution in [1.29, 1.82) is 0 Å². The number of nitrogens with zero attached hydrogens (tertiary/aromatic N) is 2. The molecule has 6 atom stereocenters. The van der Waals surface area contributed by atoms with Gasteiger partial charge in [-0.1, -0.05) is 66.5 Å². The first-order chi connectivity index (χ1) is 15.7. The van der Waals surface area contributed by atoms with Crippen LogP contribution in [0.2, 0.25) is 0 Å². The fourth-order valence-electron chi connectivity index (χ4n) is 6.48. The van der Waals surface area contributed by atoms with Crippen molar-refractivity contribution in [3.63, 3.8) is 0 Å². The molecule has 6 unspecified atom stereocenters. The maximum absolute atomic E-state index is 5.48. The van der Waals surface area contributed by atoms with Gasteiger partial charge < -0.3 is 10.6 Å². The van der Waals surface area contributed by atoms with Crippen LogP contribution in [0.1, 0.15) is 85.6 Å². The Morgan fingerprint density at radius 3 is 1.85 bits per heavy atom. The Bertz CT molecular complexity index is 756. The van der Waals surface area contributed by atoms with Crippen LogP contribution in [0.4, 0.5) is 5.69 Å². The Morgan fingerprint density at radius 2 is 1.42 bits per heavy atom. The lowest BCUT2D eigenvalue weighted by Crippen LogP contribution is -2.55. The second-order valence-corrected chi connectivity index (χ2v) is 12.0. The minimum atomic E-state index is 0.186. The summed E-state index contributed by atoms with van der Waals surface area (Å²) in [5.41, 5.74) is 10.6. The zero-order valence-electron chi connectivity index (χ0n) is 21.6. The molecule has 0 aromatic heterocycles. The van der Waals surface area contributed by atoms with Crippen molar-refractivity contribution in [2.45, 2.75) is 92.2 Å². The normalized spacial score (nSPS) is 30.7. The molecule has 0 spiro atoms. The summed E-state index contributed by atoms with van der Waals surface area (Å²) in [5, 5.41) is 4.32. The number of benzene rings is 1. The molecule has 2 aliphatic carbocycles. The van der Waals surface area contributed by atoms with Crippen LogP contribution in [0.15, 0.2) is 29.4 Å². The molecule has 2 saturated carbocycles. The molecule has 33 heavy (non-hydrogen) atoms. The number of nitrogens with two attached hydrogens (primary N) is 1. The van der Waals surface area contributed by atoms with Crippen molar-refractivity contribution >= 4 is 29.2 Å². The van der Waals surface area contributed by atoms with Gasteiger partial charge in [-0.15, -0.1) is 0 Å². The zero-order valence-corrected chi connectivity index (χ0v) is 22.4. The van der Waals surface area contributed by atoms with Crippen molar-refractivity contribution in [2.75, 3.05) is 4.90 Å². The van der Waals surface area contributed by atoms with Gasteiger partial charge in [0, 0.05) is 17.8 Å². The number of hydrogen-bond donors (Lipinski definition) is 2. The summed E-state index contributed by atoms with van der Waals surface area (Å²) < 4.78 is 0. The highest BCUT2D eigenvalue weighted by molar-refractivity contribution is 7.80. The van der Waals surface area contributed by atoms with Gasteiger partial charge in [0.05, 0.1) is 6.21 Å². The summed E-state index contributed by atoms with van der Waals surface area (Å²) in [6.07, 6.45) is 9.83. The highest BCUT2D eigenvalue weighted by Crippen LogP contribution is 2.44. The molecule has 0 amide bonds. The first-order valence-corrected chi connectivity index (χ1v) is 13.5. The van der Waals surface area contributed by atoms with E-state index in [9.17, 15) is 0 Å². The average Bonchev–Trinajstić information content (AvgIpc) is 2.74. The smallest absolute Gasteiger partial charge is 0.184 e. The summed E-state index contributed by atoms with van der Waals surface area (Å²) in [5.74, 6) is 4.51. The molecule has 2 fully saturated rings. The monoisotopic (exact) mass is 470 g/mol. The molecule has 0 radical (unpaired) electrons. The van der Waals surface area contributed by atoms with E-state index in [-0.39, 0.29) is 5.11 Å². The molecular formula is C28H46N4S. The fourth-order valence-corrected chi connectivity index (χ4v) is 6.53. The molecule has 0 heterocycles. The lowest BCUT2D eigenvalue weighted by Gasteiger charge is -2.53. The van der Waals surface area contributed by atoms with Gasteiger partial charge in [-0.25, -0.2) is 0 Å². The summed E-state index contributed by atoms with van der Waals surface area (Å²) in [6, 6.07) is 10.2. The van der Waals surface area contributed by atoms with E-state index in [4.69, 9.17) is 18.0 Å². The van der Waals surface area contributed by atoms with Crippen molar-refractivity contribution in [3.05, 3.63) is 29.8 Å². The predicted molar refractivity (Wildman–Crippen MR) is 147 cm³/mol. The van der Waals surface area contributed by atoms with E-state index in [1.165, 1.54) is 44.2 Å². The number of nitrogens with one attached hydrogen (secondary N) is 1. The van der Waals surface area contributed by atoms with E-state index in [0.717, 1.165) is 29.2 Å². The summed E-state index contributed by atoms with van der Waals surface area (Å²) >= 11 is 4.84. The quantitative estimate of drug-likeness (QED) is 0.268. The molecule has 0 aliphatic heterocycles. The second-order valence-electron chi connectivity index (χ2n) is 11.5. The van der Waals surface area contributed by atoms with E-state index in [0.29, 0.717) is 23.9 Å². The average molecular weight is 471 g/mol. The lowest BCUT2D eigenvalue weighted by molar-refractivity contribution is 0.136. The van der Waals surface area contributed by atoms with Crippen LogP contribution in [0.5, 0.6) is 0 Å². The van der Waals surface area contributed by atoms with Crippen LogP contribution in [0.3, 0.4) is 0 Å². The number of hydrazone groups is 1. The molecule has 5 heteroatoms. The van der Waals surface area contributed by atoms with Gasteiger partial charge in [0.2, 0.25) is 0 Å². The Morgan fingerprint density at radius 1 is 0.939 bits per heavy atom. The van der Waals surface area contributed by atoms with Crippen LogP contribution < -0.4 is 16.1 Å². The van der Waals surface area contributed by atoms with E-state index in [1.807, 2.05) is 0 Å². The molecule has 4 nitrogen and oxygen atoms in total. The summed E-state index contributed by atoms with van der Waals surface area (Å²) in [6.45, 7) is 14.7. The topological polar surface area (TPSA) is 53.6 Å². The van der Waals surface area contributed by atoms with Gasteiger partial charge in [-0.05, 0) is 91.1 Å². The third kappa shape index (κ3) is 6.71. The van der Waals surface area contributed by atoms with Gasteiger partial charge in [-0.3, -0.25) is 5.43 Å². The molecule has 1 aromatic rings. The number of anilines is 1. The molecule has 0 bridgehead atoms. The maximum Gasteiger partial charge on any atom is 0.184 e. The predicted octanol–water partition coefficient (Wildman–Crippen LogP) is 6.58. The molecule has 3 N–H and O–H groups in total. The zero-order chi connectivity index (χ0) is 24.1. The Kier molecular flexibility index (Phi) is 9.20. The van der Waals surface area contributed by atoms with Gasteiger partial charge in [-0.2, -0.15) is 5.10 Å². The maximum atomic E-state index is 5.48. The van der Waals surface area contributed by atoms with Crippen LogP contribution >= 0.6 is 12.2 Å². The number of thiocarbonyl (C=S) groups is 1. The molecule has 2 aliphatic rings. The third-order valence-electron chi connectivity index (χ3n) is 8.27. The van der Waals surface area contributed by atoms with E-state index < -0.39 is 0 Å². The molecule has 184 valence electrons. The van der Waals surface area contributed by atoms with E-state index in [1.54, 1.807) is 6.21 Å². The largest absolute Gasteiger partial charge is 0.375 e. The minimum absolute atomic E-state index is 0.186. The second kappa shape index (κ2) is 11.7.